The molecule has 1 fully saturated rings. The number of likely N-dealkylation sites (N-methyl/N-ethyl adjacent to an activating group) is 1. The lowest BCUT2D eigenvalue weighted by atomic mass is 10.0. The lowest BCUT2D eigenvalue weighted by molar-refractivity contribution is -0.139. The summed E-state index contributed by atoms with van der Waals surface area (Å²) < 4.78 is 5.20. The Balaban J connectivity index is 2.29. The van der Waals surface area contributed by atoms with Crippen molar-refractivity contribution >= 4 is 23.6 Å². The standard InChI is InChI=1S/C18H26N2O3S/c1-5-19-17(22)15(10-12(2)3)20-16(21)11-24-18(20)13-6-8-14(23-4)9-7-13/h6-9,12,15,18H,5,10-11H2,1-4H3,(H,19,22)/t15-,18-/m0/s1. The Hall–Kier alpha value is -1.69. The van der Waals surface area contributed by atoms with E-state index in [4.69, 9.17) is 4.74 Å². The van der Waals surface area contributed by atoms with Crippen LogP contribution in [0.3, 0.4) is 0 Å². The molecule has 0 saturated carbocycles. The average molecular weight is 350 g/mol. The van der Waals surface area contributed by atoms with Gasteiger partial charge < -0.3 is 15.0 Å². The van der Waals surface area contributed by atoms with E-state index >= 15 is 0 Å². The Morgan fingerprint density at radius 2 is 2.04 bits per heavy atom. The van der Waals surface area contributed by atoms with E-state index < -0.39 is 6.04 Å². The zero-order chi connectivity index (χ0) is 17.7. The summed E-state index contributed by atoms with van der Waals surface area (Å²) in [6.07, 6.45) is 0.658. The fourth-order valence-corrected chi connectivity index (χ4v) is 4.11. The molecule has 0 aromatic heterocycles. The Labute approximate surface area is 148 Å². The summed E-state index contributed by atoms with van der Waals surface area (Å²) in [6.45, 7) is 6.60. The van der Waals surface area contributed by atoms with Gasteiger partial charge in [-0.3, -0.25) is 9.59 Å². The molecule has 2 amide bonds. The van der Waals surface area contributed by atoms with E-state index in [9.17, 15) is 9.59 Å². The van der Waals surface area contributed by atoms with Crippen molar-refractivity contribution in [2.75, 3.05) is 19.4 Å². The van der Waals surface area contributed by atoms with Gasteiger partial charge in [0.25, 0.3) is 0 Å². The molecule has 24 heavy (non-hydrogen) atoms. The molecular weight excluding hydrogens is 324 g/mol. The predicted octanol–water partition coefficient (Wildman–Crippen LogP) is 2.82. The zero-order valence-electron chi connectivity index (χ0n) is 14.7. The highest BCUT2D eigenvalue weighted by Crippen LogP contribution is 2.41. The maximum atomic E-state index is 12.6. The van der Waals surface area contributed by atoms with Gasteiger partial charge in [0.05, 0.1) is 12.9 Å². The molecule has 2 atom stereocenters. The molecule has 2 rings (SSSR count). The third-order valence-electron chi connectivity index (χ3n) is 3.99. The predicted molar refractivity (Wildman–Crippen MR) is 97.0 cm³/mol. The van der Waals surface area contributed by atoms with E-state index in [0.717, 1.165) is 11.3 Å². The molecule has 1 aliphatic rings. The topological polar surface area (TPSA) is 58.6 Å². The van der Waals surface area contributed by atoms with Gasteiger partial charge in [0.15, 0.2) is 0 Å². The molecule has 1 heterocycles. The van der Waals surface area contributed by atoms with Gasteiger partial charge in [0, 0.05) is 6.54 Å². The molecule has 1 aromatic rings. The highest BCUT2D eigenvalue weighted by atomic mass is 32.2. The van der Waals surface area contributed by atoms with Crippen molar-refractivity contribution in [1.29, 1.82) is 0 Å². The molecule has 1 aliphatic heterocycles. The fourth-order valence-electron chi connectivity index (χ4n) is 2.88. The Morgan fingerprint density at radius 1 is 1.38 bits per heavy atom. The number of nitrogens with one attached hydrogen (secondary N) is 1. The molecule has 132 valence electrons. The molecular formula is C18H26N2O3S. The number of rotatable bonds is 7. The molecule has 1 N–H and O–H groups in total. The van der Waals surface area contributed by atoms with E-state index in [1.54, 1.807) is 23.8 Å². The molecule has 5 nitrogen and oxygen atoms in total. The van der Waals surface area contributed by atoms with Crippen LogP contribution in [0.25, 0.3) is 0 Å². The molecule has 6 heteroatoms. The Bertz CT molecular complexity index is 574. The second kappa shape index (κ2) is 8.42. The molecule has 0 aliphatic carbocycles. The number of methoxy groups -OCH3 is 1. The van der Waals surface area contributed by atoms with Crippen LogP contribution in [0.15, 0.2) is 24.3 Å². The van der Waals surface area contributed by atoms with E-state index in [1.807, 2.05) is 31.2 Å². The van der Waals surface area contributed by atoms with Crippen LogP contribution in [-0.2, 0) is 9.59 Å². The number of benzene rings is 1. The van der Waals surface area contributed by atoms with Crippen LogP contribution in [0.1, 0.15) is 38.1 Å². The van der Waals surface area contributed by atoms with Crippen molar-refractivity contribution in [2.24, 2.45) is 5.92 Å². The molecule has 1 saturated heterocycles. The summed E-state index contributed by atoms with van der Waals surface area (Å²) in [7, 11) is 1.63. The van der Waals surface area contributed by atoms with Crippen LogP contribution in [0.4, 0.5) is 0 Å². The van der Waals surface area contributed by atoms with Crippen molar-refractivity contribution in [1.82, 2.24) is 10.2 Å². The second-order valence-corrected chi connectivity index (χ2v) is 7.35. The Morgan fingerprint density at radius 3 is 2.58 bits per heavy atom. The summed E-state index contributed by atoms with van der Waals surface area (Å²) in [6, 6.07) is 7.28. The summed E-state index contributed by atoms with van der Waals surface area (Å²) in [5.74, 6) is 1.47. The third-order valence-corrected chi connectivity index (χ3v) is 5.22. The van der Waals surface area contributed by atoms with Crippen molar-refractivity contribution in [3.63, 3.8) is 0 Å². The molecule has 0 bridgehead atoms. The summed E-state index contributed by atoms with van der Waals surface area (Å²) in [5.41, 5.74) is 1.02. The second-order valence-electron chi connectivity index (χ2n) is 6.28. The number of ether oxygens (including phenoxy) is 1. The van der Waals surface area contributed by atoms with Gasteiger partial charge in [-0.1, -0.05) is 26.0 Å². The number of carbonyl (C=O) groups excluding carboxylic acids is 2. The zero-order valence-corrected chi connectivity index (χ0v) is 15.6. The average Bonchev–Trinajstić information content (AvgIpc) is 2.94. The van der Waals surface area contributed by atoms with E-state index in [0.29, 0.717) is 24.6 Å². The van der Waals surface area contributed by atoms with Crippen LogP contribution < -0.4 is 10.1 Å². The normalized spacial score (nSPS) is 18.8. The number of thioether (sulfide) groups is 1. The highest BCUT2D eigenvalue weighted by molar-refractivity contribution is 8.00. The van der Waals surface area contributed by atoms with Crippen LogP contribution >= 0.6 is 11.8 Å². The Kier molecular flexibility index (Phi) is 6.54. The maximum absolute atomic E-state index is 12.6. The van der Waals surface area contributed by atoms with Gasteiger partial charge in [-0.05, 0) is 37.0 Å². The number of amides is 2. The van der Waals surface area contributed by atoms with Gasteiger partial charge in [0.1, 0.15) is 17.2 Å². The minimum Gasteiger partial charge on any atom is -0.497 e. The smallest absolute Gasteiger partial charge is 0.242 e. The molecule has 1 aromatic carbocycles. The molecule has 0 radical (unpaired) electrons. The minimum atomic E-state index is -0.431. The first-order valence-electron chi connectivity index (χ1n) is 8.32. The summed E-state index contributed by atoms with van der Waals surface area (Å²) in [4.78, 5) is 26.8. The first-order valence-corrected chi connectivity index (χ1v) is 9.37. The van der Waals surface area contributed by atoms with Crippen molar-refractivity contribution in [3.8, 4) is 5.75 Å². The van der Waals surface area contributed by atoms with Crippen LogP contribution in [0.2, 0.25) is 0 Å². The summed E-state index contributed by atoms with van der Waals surface area (Å²) >= 11 is 1.57. The lowest BCUT2D eigenvalue weighted by Gasteiger charge is -2.33. The van der Waals surface area contributed by atoms with Crippen molar-refractivity contribution in [2.45, 2.75) is 38.6 Å². The van der Waals surface area contributed by atoms with Gasteiger partial charge >= 0.3 is 0 Å². The van der Waals surface area contributed by atoms with Crippen LogP contribution in [0, 0.1) is 5.92 Å². The lowest BCUT2D eigenvalue weighted by Crippen LogP contribution is -2.49. The van der Waals surface area contributed by atoms with Crippen molar-refractivity contribution < 1.29 is 14.3 Å². The van der Waals surface area contributed by atoms with Gasteiger partial charge in [-0.25, -0.2) is 0 Å². The molecule has 0 spiro atoms. The van der Waals surface area contributed by atoms with E-state index in [-0.39, 0.29) is 17.2 Å². The number of carbonyl (C=O) groups is 2. The first kappa shape index (κ1) is 18.6. The summed E-state index contributed by atoms with van der Waals surface area (Å²) in [5, 5.41) is 2.75. The van der Waals surface area contributed by atoms with E-state index in [1.165, 1.54) is 0 Å². The number of hydrogen-bond donors (Lipinski definition) is 1. The third kappa shape index (κ3) is 4.23. The highest BCUT2D eigenvalue weighted by Gasteiger charge is 2.40. The SMILES string of the molecule is CCNC(=O)[C@H](CC(C)C)N1C(=O)CS[C@H]1c1ccc(OC)cc1. The van der Waals surface area contributed by atoms with Crippen LogP contribution in [-0.4, -0.2) is 42.2 Å². The van der Waals surface area contributed by atoms with Gasteiger partial charge in [0.2, 0.25) is 11.8 Å². The monoisotopic (exact) mass is 350 g/mol. The van der Waals surface area contributed by atoms with Crippen LogP contribution in [0.5, 0.6) is 5.75 Å². The van der Waals surface area contributed by atoms with E-state index in [2.05, 4.69) is 19.2 Å². The quantitative estimate of drug-likeness (QED) is 0.821. The number of nitrogens with zero attached hydrogens (tertiary/aromatic N) is 1. The first-order chi connectivity index (χ1) is 11.5. The number of hydrogen-bond acceptors (Lipinski definition) is 4. The van der Waals surface area contributed by atoms with Gasteiger partial charge in [-0.15, -0.1) is 11.8 Å². The largest absolute Gasteiger partial charge is 0.497 e. The van der Waals surface area contributed by atoms with Gasteiger partial charge in [-0.2, -0.15) is 0 Å². The molecule has 0 unspecified atom stereocenters. The fraction of sp³-hybridized carbons (Fsp3) is 0.556. The van der Waals surface area contributed by atoms with Crippen molar-refractivity contribution in [3.05, 3.63) is 29.8 Å². The minimum absolute atomic E-state index is 0.0257. The maximum Gasteiger partial charge on any atom is 0.242 e.